The molecule has 2 amide bonds. The zero-order chi connectivity index (χ0) is 19.5. The van der Waals surface area contributed by atoms with Crippen LogP contribution in [0.25, 0.3) is 0 Å². The SMILES string of the molecule is CC(=O)N1CCC[C@@H]1c1nnc2n1CCN(C(=O)CCc1ccccc1)CC2. The minimum atomic E-state index is 0.0130. The predicted molar refractivity (Wildman–Crippen MR) is 104 cm³/mol. The van der Waals surface area contributed by atoms with Gasteiger partial charge in [0.2, 0.25) is 11.8 Å². The number of fused-ring (bicyclic) bond motifs is 1. The molecule has 2 aliphatic heterocycles. The summed E-state index contributed by atoms with van der Waals surface area (Å²) in [5.41, 5.74) is 1.19. The Bertz CT molecular complexity index is 848. The number of aromatic nitrogens is 3. The molecule has 7 nitrogen and oxygen atoms in total. The summed E-state index contributed by atoms with van der Waals surface area (Å²) in [5, 5.41) is 8.80. The number of nitrogens with zero attached hydrogens (tertiary/aromatic N) is 5. The summed E-state index contributed by atoms with van der Waals surface area (Å²) in [6, 6.07) is 10.1. The standard InChI is InChI=1S/C21H27N5O2/c1-16(27)25-12-5-8-18(25)21-23-22-19-11-13-24(14-15-26(19)21)20(28)10-9-17-6-3-2-4-7-17/h2-4,6-7,18H,5,8-15H2,1H3/t18-/m1/s1. The van der Waals surface area contributed by atoms with Crippen molar-refractivity contribution in [3.05, 3.63) is 47.5 Å². The molecule has 1 fully saturated rings. The van der Waals surface area contributed by atoms with E-state index in [9.17, 15) is 9.59 Å². The number of amides is 2. The van der Waals surface area contributed by atoms with Crippen molar-refractivity contribution in [3.63, 3.8) is 0 Å². The lowest BCUT2D eigenvalue weighted by Crippen LogP contribution is -2.34. The highest BCUT2D eigenvalue weighted by molar-refractivity contribution is 5.76. The maximum Gasteiger partial charge on any atom is 0.222 e. The van der Waals surface area contributed by atoms with Crippen LogP contribution in [0.2, 0.25) is 0 Å². The van der Waals surface area contributed by atoms with Gasteiger partial charge in [-0.1, -0.05) is 30.3 Å². The Hall–Kier alpha value is -2.70. The number of benzene rings is 1. The Morgan fingerprint density at radius 2 is 1.89 bits per heavy atom. The molecule has 1 atom stereocenters. The minimum absolute atomic E-state index is 0.0130. The van der Waals surface area contributed by atoms with Crippen LogP contribution in [-0.4, -0.2) is 56.0 Å². The van der Waals surface area contributed by atoms with Crippen molar-refractivity contribution >= 4 is 11.8 Å². The van der Waals surface area contributed by atoms with Gasteiger partial charge >= 0.3 is 0 Å². The molecule has 1 aromatic carbocycles. The van der Waals surface area contributed by atoms with Crippen molar-refractivity contribution in [2.24, 2.45) is 0 Å². The molecule has 1 aromatic heterocycles. The monoisotopic (exact) mass is 381 g/mol. The normalized spacial score (nSPS) is 19.4. The van der Waals surface area contributed by atoms with E-state index >= 15 is 0 Å². The van der Waals surface area contributed by atoms with Crippen LogP contribution in [0, 0.1) is 0 Å². The van der Waals surface area contributed by atoms with Crippen LogP contribution in [0.4, 0.5) is 0 Å². The predicted octanol–water partition coefficient (Wildman–Crippen LogP) is 1.98. The molecule has 2 aliphatic rings. The second-order valence-electron chi connectivity index (χ2n) is 7.61. The molecule has 7 heteroatoms. The fourth-order valence-electron chi connectivity index (χ4n) is 4.31. The molecule has 0 bridgehead atoms. The molecule has 28 heavy (non-hydrogen) atoms. The number of likely N-dealkylation sites (tertiary alicyclic amines) is 1. The lowest BCUT2D eigenvalue weighted by Gasteiger charge is -2.24. The first-order valence-corrected chi connectivity index (χ1v) is 10.1. The quantitative estimate of drug-likeness (QED) is 0.812. The van der Waals surface area contributed by atoms with Gasteiger partial charge in [0.15, 0.2) is 5.82 Å². The maximum atomic E-state index is 12.7. The number of aryl methyl sites for hydroxylation is 1. The minimum Gasteiger partial charge on any atom is -0.340 e. The Morgan fingerprint density at radius 3 is 2.68 bits per heavy atom. The largest absolute Gasteiger partial charge is 0.340 e. The van der Waals surface area contributed by atoms with Crippen LogP contribution in [-0.2, 0) is 29.0 Å². The third kappa shape index (κ3) is 3.79. The molecule has 3 heterocycles. The molecule has 0 unspecified atom stereocenters. The molecule has 1 saturated heterocycles. The number of carbonyl (C=O) groups is 2. The van der Waals surface area contributed by atoms with Gasteiger partial charge in [-0.25, -0.2) is 0 Å². The van der Waals surface area contributed by atoms with Crippen molar-refractivity contribution < 1.29 is 9.59 Å². The van der Waals surface area contributed by atoms with Gasteiger partial charge in [-0.2, -0.15) is 0 Å². The molecular weight excluding hydrogens is 354 g/mol. The zero-order valence-electron chi connectivity index (χ0n) is 16.4. The Labute approximate surface area is 165 Å². The van der Waals surface area contributed by atoms with E-state index in [2.05, 4.69) is 26.9 Å². The third-order valence-electron chi connectivity index (χ3n) is 5.83. The van der Waals surface area contributed by atoms with E-state index in [1.54, 1.807) is 6.92 Å². The summed E-state index contributed by atoms with van der Waals surface area (Å²) in [6.45, 7) is 4.43. The Balaban J connectivity index is 1.41. The molecule has 0 N–H and O–H groups in total. The molecule has 2 aromatic rings. The highest BCUT2D eigenvalue weighted by atomic mass is 16.2. The van der Waals surface area contributed by atoms with E-state index in [-0.39, 0.29) is 17.9 Å². The molecule has 148 valence electrons. The van der Waals surface area contributed by atoms with E-state index in [1.807, 2.05) is 28.0 Å². The lowest BCUT2D eigenvalue weighted by atomic mass is 10.1. The first kappa shape index (κ1) is 18.7. The molecule has 0 spiro atoms. The highest BCUT2D eigenvalue weighted by Gasteiger charge is 2.33. The lowest BCUT2D eigenvalue weighted by molar-refractivity contribution is -0.131. The van der Waals surface area contributed by atoms with Gasteiger partial charge in [0.1, 0.15) is 5.82 Å². The Kier molecular flexibility index (Phi) is 5.41. The van der Waals surface area contributed by atoms with Gasteiger partial charge in [0.25, 0.3) is 0 Å². The van der Waals surface area contributed by atoms with Gasteiger partial charge in [-0.15, -0.1) is 10.2 Å². The van der Waals surface area contributed by atoms with Crippen LogP contribution in [0.1, 0.15) is 49.4 Å². The van der Waals surface area contributed by atoms with Crippen LogP contribution in [0.5, 0.6) is 0 Å². The van der Waals surface area contributed by atoms with Crippen LogP contribution in [0.15, 0.2) is 30.3 Å². The summed E-state index contributed by atoms with van der Waals surface area (Å²) in [6.07, 6.45) is 3.92. The highest BCUT2D eigenvalue weighted by Crippen LogP contribution is 2.31. The number of rotatable bonds is 4. The average molecular weight is 381 g/mol. The summed E-state index contributed by atoms with van der Waals surface area (Å²) >= 11 is 0. The van der Waals surface area contributed by atoms with Gasteiger partial charge in [0, 0.05) is 45.9 Å². The second-order valence-corrected chi connectivity index (χ2v) is 7.61. The van der Waals surface area contributed by atoms with E-state index in [4.69, 9.17) is 0 Å². The first-order valence-electron chi connectivity index (χ1n) is 10.1. The van der Waals surface area contributed by atoms with E-state index < -0.39 is 0 Å². The van der Waals surface area contributed by atoms with Gasteiger partial charge in [-0.3, -0.25) is 9.59 Å². The van der Waals surface area contributed by atoms with Gasteiger partial charge in [0.05, 0.1) is 6.04 Å². The van der Waals surface area contributed by atoms with E-state index in [0.717, 1.165) is 37.5 Å². The van der Waals surface area contributed by atoms with Crippen molar-refractivity contribution in [2.75, 3.05) is 19.6 Å². The van der Waals surface area contributed by atoms with E-state index in [0.29, 0.717) is 32.5 Å². The molecule has 4 rings (SSSR count). The fraction of sp³-hybridized carbons (Fsp3) is 0.524. The molecule has 0 saturated carbocycles. The first-order chi connectivity index (χ1) is 13.6. The number of carbonyl (C=O) groups excluding carboxylic acids is 2. The fourth-order valence-corrected chi connectivity index (χ4v) is 4.31. The van der Waals surface area contributed by atoms with Crippen LogP contribution >= 0.6 is 0 Å². The molecule has 0 radical (unpaired) electrons. The van der Waals surface area contributed by atoms with Gasteiger partial charge < -0.3 is 14.4 Å². The van der Waals surface area contributed by atoms with E-state index in [1.165, 1.54) is 5.56 Å². The van der Waals surface area contributed by atoms with Crippen molar-refractivity contribution in [1.82, 2.24) is 24.6 Å². The number of hydrogen-bond acceptors (Lipinski definition) is 4. The average Bonchev–Trinajstić information content (AvgIpc) is 3.29. The Morgan fingerprint density at radius 1 is 1.07 bits per heavy atom. The zero-order valence-corrected chi connectivity index (χ0v) is 16.4. The van der Waals surface area contributed by atoms with Crippen molar-refractivity contribution in [3.8, 4) is 0 Å². The summed E-state index contributed by atoms with van der Waals surface area (Å²) in [4.78, 5) is 28.5. The smallest absolute Gasteiger partial charge is 0.222 e. The second kappa shape index (κ2) is 8.12. The topological polar surface area (TPSA) is 71.3 Å². The third-order valence-corrected chi connectivity index (χ3v) is 5.83. The number of hydrogen-bond donors (Lipinski definition) is 0. The van der Waals surface area contributed by atoms with Crippen LogP contribution < -0.4 is 0 Å². The summed E-state index contributed by atoms with van der Waals surface area (Å²) < 4.78 is 2.14. The van der Waals surface area contributed by atoms with Gasteiger partial charge in [-0.05, 0) is 24.8 Å². The van der Waals surface area contributed by atoms with Crippen LogP contribution in [0.3, 0.4) is 0 Å². The summed E-state index contributed by atoms with van der Waals surface area (Å²) in [5.74, 6) is 2.08. The summed E-state index contributed by atoms with van der Waals surface area (Å²) in [7, 11) is 0. The van der Waals surface area contributed by atoms with Crippen molar-refractivity contribution in [2.45, 2.75) is 51.6 Å². The molecule has 0 aliphatic carbocycles. The molecular formula is C21H27N5O2. The van der Waals surface area contributed by atoms with Crippen molar-refractivity contribution in [1.29, 1.82) is 0 Å². The maximum absolute atomic E-state index is 12.7.